The van der Waals surface area contributed by atoms with E-state index < -0.39 is 291 Å². The highest BCUT2D eigenvalue weighted by Gasteiger charge is 2.35. The summed E-state index contributed by atoms with van der Waals surface area (Å²) >= 11 is 0. The van der Waals surface area contributed by atoms with Crippen molar-refractivity contribution >= 4 is 54.3 Å². The summed E-state index contributed by atoms with van der Waals surface area (Å²) in [7, 11) is 0. The molecule has 0 N–H and O–H groups in total. The van der Waals surface area contributed by atoms with Gasteiger partial charge in [0.2, 0.25) is 0 Å². The zero-order chi connectivity index (χ0) is 61.4. The first kappa shape index (κ1) is 12.1. The Morgan fingerprint density at radius 2 is 1.04 bits per heavy atom. The number of fused-ring (bicyclic) bond motifs is 9. The molecule has 1 nitrogen and oxygen atoms in total. The van der Waals surface area contributed by atoms with Crippen molar-refractivity contribution in [2.24, 2.45) is 0 Å². The van der Waals surface area contributed by atoms with Crippen molar-refractivity contribution in [3.05, 3.63) is 180 Å². The molecule has 244 valence electrons. The molecule has 9 aromatic carbocycles. The minimum absolute atomic E-state index is 0.508. The molecule has 0 fully saturated rings. The number of hydrogen-bond donors (Lipinski definition) is 0. The minimum Gasteiger partial charge on any atom is -0.456 e. The van der Waals surface area contributed by atoms with Crippen molar-refractivity contribution in [2.45, 2.75) is 19.2 Å². The van der Waals surface area contributed by atoms with Gasteiger partial charge in [0, 0.05) is 20.3 Å². The van der Waals surface area contributed by atoms with Crippen LogP contribution in [0.15, 0.2) is 174 Å². The molecule has 0 saturated carbocycles. The minimum atomic E-state index is -3.24. The van der Waals surface area contributed by atoms with Crippen LogP contribution >= 0.6 is 0 Å². The quantitative estimate of drug-likeness (QED) is 0.168. The molecule has 0 aliphatic heterocycles. The Labute approximate surface area is 346 Å². The van der Waals surface area contributed by atoms with E-state index in [9.17, 15) is 19.2 Å². The molecule has 1 aliphatic rings. The summed E-state index contributed by atoms with van der Waals surface area (Å²) in [4.78, 5) is 0. The Morgan fingerprint density at radius 1 is 0.442 bits per heavy atom. The summed E-state index contributed by atoms with van der Waals surface area (Å²) in [6.07, 6.45) is 0. The van der Waals surface area contributed by atoms with Crippen LogP contribution in [-0.4, -0.2) is 0 Å². The van der Waals surface area contributed by atoms with E-state index in [4.69, 9.17) is 27.7 Å². The molecule has 11 rings (SSSR count). The molecule has 52 heavy (non-hydrogen) atoms. The molecule has 10 aromatic rings. The van der Waals surface area contributed by atoms with Crippen LogP contribution in [0.25, 0.3) is 98.8 Å². The fourth-order valence-electron chi connectivity index (χ4n) is 6.92. The molecule has 0 spiro atoms. The second-order valence-electron chi connectivity index (χ2n) is 12.1. The van der Waals surface area contributed by atoms with Crippen LogP contribution in [0.1, 0.15) is 67.4 Å². The highest BCUT2D eigenvalue weighted by Crippen LogP contribution is 2.51. The van der Waals surface area contributed by atoms with Crippen molar-refractivity contribution < 1.29 is 46.9 Å². The molecule has 0 amide bonds. The highest BCUT2D eigenvalue weighted by molar-refractivity contribution is 6.26. The average Bonchev–Trinajstić information content (AvgIpc) is 2.52. The van der Waals surface area contributed by atoms with E-state index >= 15 is 0 Å². The van der Waals surface area contributed by atoms with Gasteiger partial charge in [0.05, 0.1) is 38.4 Å². The molecule has 0 saturated heterocycles. The SMILES string of the molecule is [2H]c1c([2H])c(-c2c([2H])c([2H])c3c(c2[2H])-c2c([2H])c([2H])c([2H])c([2H])c2C3(C)C([2H])([2H])[2H])c([2H])c(-c2c3c([2H])c([2H])c([2H])c([2H])c3c(-c3c([2H])c([2H])c([2H])c4oc5c([2H])c6c([2H])c([2H])c([2H])c([2H])c6c([2H])c5c34)c3c([2H])c([2H])c([2H])c([2H])c23)c1[2H]. The summed E-state index contributed by atoms with van der Waals surface area (Å²) in [5, 5.41) is -5.42. The van der Waals surface area contributed by atoms with Crippen molar-refractivity contribution in [2.75, 3.05) is 0 Å². The van der Waals surface area contributed by atoms with E-state index in [0.717, 1.165) is 6.92 Å². The van der Waals surface area contributed by atoms with E-state index in [1.807, 2.05) is 0 Å². The Balaban J connectivity index is 1.40. The van der Waals surface area contributed by atoms with Gasteiger partial charge in [-0.05, 0) is 118 Å². The number of rotatable bonds is 3. The maximum absolute atomic E-state index is 10.0. The number of furan rings is 1. The number of hydrogen-bond acceptors (Lipinski definition) is 1. The molecule has 0 radical (unpaired) electrons. The molecule has 0 bridgehead atoms. The first-order valence-electron chi connectivity index (χ1n) is 31.2. The van der Waals surface area contributed by atoms with Gasteiger partial charge in [-0.15, -0.1) is 0 Å². The summed E-state index contributed by atoms with van der Waals surface area (Å²) < 4.78 is 289. The van der Waals surface area contributed by atoms with E-state index in [0.29, 0.717) is 0 Å². The Hall–Kier alpha value is -6.44. The van der Waals surface area contributed by atoms with Crippen LogP contribution in [0.2, 0.25) is 0 Å². The second-order valence-corrected chi connectivity index (χ2v) is 12.1. The van der Waals surface area contributed by atoms with Crippen LogP contribution in [0.4, 0.5) is 0 Å². The van der Waals surface area contributed by atoms with E-state index in [-0.39, 0.29) is 0 Å². The van der Waals surface area contributed by atoms with Gasteiger partial charge in [0.25, 0.3) is 0 Å². The maximum Gasteiger partial charge on any atom is 0.136 e. The molecular weight excluding hydrogens is 629 g/mol. The third kappa shape index (κ3) is 4.11. The third-order valence-corrected chi connectivity index (χ3v) is 9.20. The second kappa shape index (κ2) is 10.8. The maximum atomic E-state index is 10.0. The molecule has 1 heterocycles. The van der Waals surface area contributed by atoms with E-state index in [2.05, 4.69) is 0 Å². The van der Waals surface area contributed by atoms with Crippen LogP contribution in [0.5, 0.6) is 0 Å². The van der Waals surface area contributed by atoms with Gasteiger partial charge in [-0.3, -0.25) is 0 Å². The first-order valence-corrected chi connectivity index (χ1v) is 15.7. The normalized spacial score (nSPS) is 23.8. The Kier molecular flexibility index (Phi) is 2.50. The van der Waals surface area contributed by atoms with Gasteiger partial charge in [-0.2, -0.15) is 0 Å². The van der Waals surface area contributed by atoms with Crippen molar-refractivity contribution in [3.63, 3.8) is 0 Å². The topological polar surface area (TPSA) is 13.1 Å². The van der Waals surface area contributed by atoms with Crippen molar-refractivity contribution in [3.8, 4) is 44.5 Å². The fourth-order valence-corrected chi connectivity index (χ4v) is 6.92. The van der Waals surface area contributed by atoms with E-state index in [1.54, 1.807) is 0 Å². The predicted molar refractivity (Wildman–Crippen MR) is 220 cm³/mol. The lowest BCUT2D eigenvalue weighted by atomic mass is 9.82. The Bertz CT molecular complexity index is 4740. The average molecular weight is 694 g/mol. The molecule has 1 aromatic heterocycles. The van der Waals surface area contributed by atoms with E-state index in [1.165, 1.54) is 0 Å². The zero-order valence-corrected chi connectivity index (χ0v) is 26.4. The largest absolute Gasteiger partial charge is 0.456 e. The lowest BCUT2D eigenvalue weighted by Crippen LogP contribution is -2.14. The van der Waals surface area contributed by atoms with Crippen molar-refractivity contribution in [1.29, 1.82) is 0 Å². The summed E-state index contributed by atoms with van der Waals surface area (Å²) in [6.45, 7) is -2.19. The Morgan fingerprint density at radius 3 is 1.81 bits per heavy atom. The summed E-state index contributed by atoms with van der Waals surface area (Å²) in [5.41, 5.74) is -11.3. The van der Waals surface area contributed by atoms with Crippen LogP contribution in [-0.2, 0) is 5.41 Å². The van der Waals surface area contributed by atoms with Crippen LogP contribution in [0, 0.1) is 0 Å². The molecule has 1 aliphatic carbocycles. The van der Waals surface area contributed by atoms with Gasteiger partial charge in [-0.25, -0.2) is 0 Å². The van der Waals surface area contributed by atoms with Gasteiger partial charge < -0.3 is 4.42 Å². The monoisotopic (exact) mass is 693 g/mol. The predicted octanol–water partition coefficient (Wildman–Crippen LogP) is 14.4. The lowest BCUT2D eigenvalue weighted by molar-refractivity contribution is 0.660. The van der Waals surface area contributed by atoms with Gasteiger partial charge in [0.15, 0.2) is 0 Å². The van der Waals surface area contributed by atoms with Gasteiger partial charge in [-0.1, -0.05) is 153 Å². The van der Waals surface area contributed by atoms with Crippen molar-refractivity contribution in [1.82, 2.24) is 0 Å². The molecular formula is C51H34O. The molecule has 1 atom stereocenters. The van der Waals surface area contributed by atoms with Gasteiger partial charge in [0.1, 0.15) is 11.2 Å². The highest BCUT2D eigenvalue weighted by atomic mass is 16.3. The zero-order valence-electron chi connectivity index (χ0n) is 57.4. The standard InChI is InChI=1S/C51H34O/c1-51(2)44-23-10-9-17-36(44)42-28-34(25-26-45(42)51)31-15-11-16-35(27-31)48-37-18-5-7-20-39(37)49(40-21-8-6-19-38(40)48)41-22-12-24-46-50(41)43-29-32-13-3-4-14-33(32)30-47(43)52-46/h3-30H,1-2H3/i1D3,3D,4D,5D,6D,7D,8D,9D,10D,11D,12D,13D,14D,15D,16D,17D,18D,19D,20D,21D,22D,23D,24D,25D,26D,27D,28D,29D,30D. The molecule has 1 unspecified atom stereocenters. The van der Waals surface area contributed by atoms with Crippen LogP contribution in [0.3, 0.4) is 0 Å². The first-order chi connectivity index (χ1) is 38.5. The summed E-state index contributed by atoms with van der Waals surface area (Å²) in [6, 6.07) is -27.1. The van der Waals surface area contributed by atoms with Gasteiger partial charge >= 0.3 is 0 Å². The number of benzene rings is 9. The molecule has 1 heteroatoms. The van der Waals surface area contributed by atoms with Crippen LogP contribution < -0.4 is 0 Å². The smallest absolute Gasteiger partial charge is 0.136 e. The fraction of sp³-hybridized carbons (Fsp3) is 0.0588. The summed E-state index contributed by atoms with van der Waals surface area (Å²) in [5.74, 6) is 0. The lowest BCUT2D eigenvalue weighted by Gasteiger charge is -2.21. The third-order valence-electron chi connectivity index (χ3n) is 9.20.